The second-order valence-corrected chi connectivity index (χ2v) is 6.73. The first-order valence-corrected chi connectivity index (χ1v) is 8.48. The highest BCUT2D eigenvalue weighted by molar-refractivity contribution is 7.99. The first-order valence-electron chi connectivity index (χ1n) is 6.75. The molecule has 1 fully saturated rings. The van der Waals surface area contributed by atoms with Gasteiger partial charge in [0, 0.05) is 21.8 Å². The first kappa shape index (κ1) is 14.8. The molecule has 2 rings (SSSR count). The zero-order valence-electron chi connectivity index (χ0n) is 11.5. The Morgan fingerprint density at radius 1 is 1.37 bits per heavy atom. The lowest BCUT2D eigenvalue weighted by molar-refractivity contribution is 0.0928. The van der Waals surface area contributed by atoms with Gasteiger partial charge in [-0.1, -0.05) is 18.9 Å². The monoisotopic (exact) mass is 295 g/mol. The Morgan fingerprint density at radius 3 is 2.84 bits per heavy atom. The fourth-order valence-corrected chi connectivity index (χ4v) is 3.78. The van der Waals surface area contributed by atoms with Gasteiger partial charge >= 0.3 is 0 Å². The number of carbonyl (C=O) groups excluding carboxylic acids is 1. The molecular weight excluding hydrogens is 274 g/mol. The highest BCUT2D eigenvalue weighted by Crippen LogP contribution is 2.27. The predicted molar refractivity (Wildman–Crippen MR) is 85.5 cm³/mol. The molecule has 4 heteroatoms. The molecule has 19 heavy (non-hydrogen) atoms. The SMILES string of the molecule is CSC1CCCCC1NC(=O)c1cc(S)ccc1C. The number of benzene rings is 1. The second-order valence-electron chi connectivity index (χ2n) is 5.14. The number of amides is 1. The van der Waals surface area contributed by atoms with E-state index in [-0.39, 0.29) is 5.91 Å². The van der Waals surface area contributed by atoms with Crippen molar-refractivity contribution in [3.8, 4) is 0 Å². The smallest absolute Gasteiger partial charge is 0.251 e. The Labute approximate surface area is 125 Å². The van der Waals surface area contributed by atoms with E-state index in [1.807, 2.05) is 36.9 Å². The maximum Gasteiger partial charge on any atom is 0.251 e. The highest BCUT2D eigenvalue weighted by atomic mass is 32.2. The second kappa shape index (κ2) is 6.71. The number of aryl methyl sites for hydroxylation is 1. The van der Waals surface area contributed by atoms with Crippen molar-refractivity contribution in [2.24, 2.45) is 0 Å². The third-order valence-electron chi connectivity index (χ3n) is 3.79. The molecular formula is C15H21NOS2. The number of thioether (sulfide) groups is 1. The van der Waals surface area contributed by atoms with Crippen molar-refractivity contribution in [3.63, 3.8) is 0 Å². The van der Waals surface area contributed by atoms with Crippen molar-refractivity contribution in [2.75, 3.05) is 6.26 Å². The van der Waals surface area contributed by atoms with Crippen LogP contribution in [-0.4, -0.2) is 23.5 Å². The lowest BCUT2D eigenvalue weighted by Gasteiger charge is -2.31. The number of hydrogen-bond donors (Lipinski definition) is 2. The Morgan fingerprint density at radius 2 is 2.11 bits per heavy atom. The molecule has 0 radical (unpaired) electrons. The fourth-order valence-electron chi connectivity index (χ4n) is 2.64. The van der Waals surface area contributed by atoms with E-state index in [2.05, 4.69) is 24.2 Å². The van der Waals surface area contributed by atoms with Crippen LogP contribution in [0.25, 0.3) is 0 Å². The van der Waals surface area contributed by atoms with Crippen LogP contribution in [0.4, 0.5) is 0 Å². The Hall–Kier alpha value is -0.610. The van der Waals surface area contributed by atoms with Gasteiger partial charge in [-0.15, -0.1) is 12.6 Å². The summed E-state index contributed by atoms with van der Waals surface area (Å²) in [5.74, 6) is 0.0411. The molecule has 2 atom stereocenters. The molecule has 1 amide bonds. The zero-order chi connectivity index (χ0) is 13.8. The lowest BCUT2D eigenvalue weighted by atomic mass is 9.94. The largest absolute Gasteiger partial charge is 0.348 e. The first-order chi connectivity index (χ1) is 9.11. The Balaban J connectivity index is 2.09. The minimum absolute atomic E-state index is 0.0411. The van der Waals surface area contributed by atoms with E-state index in [0.717, 1.165) is 22.4 Å². The molecule has 0 aliphatic heterocycles. The van der Waals surface area contributed by atoms with Crippen molar-refractivity contribution in [3.05, 3.63) is 29.3 Å². The topological polar surface area (TPSA) is 29.1 Å². The van der Waals surface area contributed by atoms with Crippen LogP contribution in [0.1, 0.15) is 41.6 Å². The van der Waals surface area contributed by atoms with Crippen molar-refractivity contribution in [1.29, 1.82) is 0 Å². The minimum atomic E-state index is 0.0411. The molecule has 0 saturated heterocycles. The molecule has 1 aromatic rings. The quantitative estimate of drug-likeness (QED) is 0.833. The standard InChI is InChI=1S/C15H21NOS2/c1-10-7-8-11(18)9-12(10)15(17)16-13-5-3-4-6-14(13)19-2/h7-9,13-14,18H,3-6H2,1-2H3,(H,16,17). The summed E-state index contributed by atoms with van der Waals surface area (Å²) in [5.41, 5.74) is 1.75. The van der Waals surface area contributed by atoms with Crippen molar-refractivity contribution in [2.45, 2.75) is 48.8 Å². The summed E-state index contributed by atoms with van der Waals surface area (Å²) in [7, 11) is 0. The maximum atomic E-state index is 12.4. The van der Waals surface area contributed by atoms with Gasteiger partial charge in [-0.3, -0.25) is 4.79 Å². The van der Waals surface area contributed by atoms with E-state index < -0.39 is 0 Å². The third-order valence-corrected chi connectivity index (χ3v) is 5.24. The van der Waals surface area contributed by atoms with Crippen LogP contribution in [-0.2, 0) is 0 Å². The molecule has 104 valence electrons. The molecule has 2 unspecified atom stereocenters. The van der Waals surface area contributed by atoms with E-state index in [4.69, 9.17) is 0 Å². The summed E-state index contributed by atoms with van der Waals surface area (Å²) < 4.78 is 0. The van der Waals surface area contributed by atoms with E-state index in [0.29, 0.717) is 11.3 Å². The summed E-state index contributed by atoms with van der Waals surface area (Å²) in [4.78, 5) is 13.2. The van der Waals surface area contributed by atoms with E-state index in [1.54, 1.807) is 0 Å². The molecule has 0 bridgehead atoms. The molecule has 2 nitrogen and oxygen atoms in total. The van der Waals surface area contributed by atoms with Crippen molar-refractivity contribution >= 4 is 30.3 Å². The number of nitrogens with one attached hydrogen (secondary N) is 1. The van der Waals surface area contributed by atoms with Crippen molar-refractivity contribution < 1.29 is 4.79 Å². The normalized spacial score (nSPS) is 23.1. The molecule has 1 aliphatic rings. The van der Waals surface area contributed by atoms with Crippen LogP contribution >= 0.6 is 24.4 Å². The molecule has 1 N–H and O–H groups in total. The fraction of sp³-hybridized carbons (Fsp3) is 0.533. The lowest BCUT2D eigenvalue weighted by Crippen LogP contribution is -2.43. The van der Waals surface area contributed by atoms with Crippen molar-refractivity contribution in [1.82, 2.24) is 5.32 Å². The van der Waals surface area contributed by atoms with E-state index >= 15 is 0 Å². The van der Waals surface area contributed by atoms with Crippen LogP contribution in [0.3, 0.4) is 0 Å². The van der Waals surface area contributed by atoms with Crippen LogP contribution in [0.2, 0.25) is 0 Å². The average Bonchev–Trinajstić information content (AvgIpc) is 2.42. The van der Waals surface area contributed by atoms with Gasteiger partial charge in [0.25, 0.3) is 5.91 Å². The number of rotatable bonds is 3. The van der Waals surface area contributed by atoms with Crippen LogP contribution < -0.4 is 5.32 Å². The van der Waals surface area contributed by atoms with E-state index in [1.165, 1.54) is 19.3 Å². The minimum Gasteiger partial charge on any atom is -0.348 e. The molecule has 1 aliphatic carbocycles. The van der Waals surface area contributed by atoms with Gasteiger partial charge in [-0.05, 0) is 43.7 Å². The molecule has 1 aromatic carbocycles. The highest BCUT2D eigenvalue weighted by Gasteiger charge is 2.26. The molecule has 0 spiro atoms. The summed E-state index contributed by atoms with van der Waals surface area (Å²) in [6.45, 7) is 1.97. The van der Waals surface area contributed by atoms with Gasteiger partial charge in [0.1, 0.15) is 0 Å². The van der Waals surface area contributed by atoms with Gasteiger partial charge in [0.15, 0.2) is 0 Å². The van der Waals surface area contributed by atoms with Gasteiger partial charge in [-0.25, -0.2) is 0 Å². The zero-order valence-corrected chi connectivity index (χ0v) is 13.2. The van der Waals surface area contributed by atoms with Crippen LogP contribution in [0.15, 0.2) is 23.1 Å². The van der Waals surface area contributed by atoms with E-state index in [9.17, 15) is 4.79 Å². The summed E-state index contributed by atoms with van der Waals surface area (Å²) in [6, 6.07) is 6.02. The summed E-state index contributed by atoms with van der Waals surface area (Å²) in [5, 5.41) is 3.76. The van der Waals surface area contributed by atoms with Gasteiger partial charge in [-0.2, -0.15) is 11.8 Å². The number of hydrogen-bond acceptors (Lipinski definition) is 3. The van der Waals surface area contributed by atoms with Gasteiger partial charge < -0.3 is 5.32 Å². The maximum absolute atomic E-state index is 12.4. The third kappa shape index (κ3) is 3.69. The summed E-state index contributed by atoms with van der Waals surface area (Å²) in [6.07, 6.45) is 6.93. The van der Waals surface area contributed by atoms with Crippen LogP contribution in [0, 0.1) is 6.92 Å². The average molecular weight is 295 g/mol. The predicted octanol–water partition coefficient (Wildman–Crippen LogP) is 3.69. The molecule has 1 saturated carbocycles. The van der Waals surface area contributed by atoms with Crippen LogP contribution in [0.5, 0.6) is 0 Å². The molecule has 0 heterocycles. The Bertz CT molecular complexity index is 461. The molecule has 0 aromatic heterocycles. The van der Waals surface area contributed by atoms with Gasteiger partial charge in [0.05, 0.1) is 0 Å². The Kier molecular flexibility index (Phi) is 5.22. The van der Waals surface area contributed by atoms with Gasteiger partial charge in [0.2, 0.25) is 0 Å². The number of thiol groups is 1. The summed E-state index contributed by atoms with van der Waals surface area (Å²) >= 11 is 6.18. The number of carbonyl (C=O) groups is 1.